The first-order valence-corrected chi connectivity index (χ1v) is 8.30. The van der Waals surface area contributed by atoms with Gasteiger partial charge in [-0.1, -0.05) is 6.07 Å². The molecular formula is C15H22N2O3S. The third-order valence-corrected chi connectivity index (χ3v) is 4.49. The lowest BCUT2D eigenvalue weighted by molar-refractivity contribution is -0.132. The van der Waals surface area contributed by atoms with Gasteiger partial charge in [-0.2, -0.15) is 0 Å². The molecule has 0 N–H and O–H groups in total. The highest BCUT2D eigenvalue weighted by molar-refractivity contribution is 7.09. The minimum Gasteiger partial charge on any atom is -0.450 e. The van der Waals surface area contributed by atoms with Crippen LogP contribution in [0.2, 0.25) is 0 Å². The minimum absolute atomic E-state index is 0.190. The van der Waals surface area contributed by atoms with E-state index >= 15 is 0 Å². The van der Waals surface area contributed by atoms with Gasteiger partial charge in [0.15, 0.2) is 0 Å². The van der Waals surface area contributed by atoms with Gasteiger partial charge in [-0.25, -0.2) is 4.79 Å². The van der Waals surface area contributed by atoms with Crippen LogP contribution >= 0.6 is 11.3 Å². The van der Waals surface area contributed by atoms with Gasteiger partial charge in [0.25, 0.3) is 0 Å². The van der Waals surface area contributed by atoms with E-state index in [0.29, 0.717) is 39.2 Å². The SMILES string of the molecule is CCOC(=O)N1CCN(C(=O)CCCc2cccs2)CC1. The molecule has 0 aliphatic carbocycles. The number of amides is 2. The zero-order valence-electron chi connectivity index (χ0n) is 12.4. The fraction of sp³-hybridized carbons (Fsp3) is 0.600. The van der Waals surface area contributed by atoms with Gasteiger partial charge in [0.2, 0.25) is 5.91 Å². The monoisotopic (exact) mass is 310 g/mol. The molecule has 0 aromatic carbocycles. The smallest absolute Gasteiger partial charge is 0.409 e. The summed E-state index contributed by atoms with van der Waals surface area (Å²) in [5.74, 6) is 0.190. The molecular weight excluding hydrogens is 288 g/mol. The summed E-state index contributed by atoms with van der Waals surface area (Å²) in [6.07, 6.45) is 2.16. The molecule has 1 aromatic heterocycles. The van der Waals surface area contributed by atoms with Crippen molar-refractivity contribution in [1.29, 1.82) is 0 Å². The summed E-state index contributed by atoms with van der Waals surface area (Å²) in [4.78, 5) is 28.5. The summed E-state index contributed by atoms with van der Waals surface area (Å²) in [6.45, 7) is 4.53. The van der Waals surface area contributed by atoms with Crippen LogP contribution in [0.25, 0.3) is 0 Å². The quantitative estimate of drug-likeness (QED) is 0.839. The largest absolute Gasteiger partial charge is 0.450 e. The number of carbonyl (C=O) groups is 2. The van der Waals surface area contributed by atoms with Gasteiger partial charge >= 0.3 is 6.09 Å². The maximum Gasteiger partial charge on any atom is 0.409 e. The molecule has 5 nitrogen and oxygen atoms in total. The molecule has 116 valence electrons. The molecule has 21 heavy (non-hydrogen) atoms. The molecule has 1 fully saturated rings. The molecule has 0 bridgehead atoms. The summed E-state index contributed by atoms with van der Waals surface area (Å²) in [5.41, 5.74) is 0. The summed E-state index contributed by atoms with van der Waals surface area (Å²) in [7, 11) is 0. The number of thiophene rings is 1. The normalized spacial score (nSPS) is 15.1. The number of ether oxygens (including phenoxy) is 1. The average Bonchev–Trinajstić information content (AvgIpc) is 3.01. The summed E-state index contributed by atoms with van der Waals surface area (Å²) < 4.78 is 4.97. The van der Waals surface area contributed by atoms with Crippen molar-refractivity contribution in [3.8, 4) is 0 Å². The van der Waals surface area contributed by atoms with Gasteiger partial charge in [0.05, 0.1) is 6.61 Å². The van der Waals surface area contributed by atoms with E-state index in [0.717, 1.165) is 12.8 Å². The van der Waals surface area contributed by atoms with E-state index in [1.807, 2.05) is 11.0 Å². The maximum atomic E-state index is 12.1. The zero-order valence-corrected chi connectivity index (χ0v) is 13.2. The van der Waals surface area contributed by atoms with Crippen LogP contribution in [-0.4, -0.2) is 54.6 Å². The fourth-order valence-corrected chi connectivity index (χ4v) is 3.13. The van der Waals surface area contributed by atoms with Crippen molar-refractivity contribution in [2.45, 2.75) is 26.2 Å². The van der Waals surface area contributed by atoms with Crippen molar-refractivity contribution in [2.24, 2.45) is 0 Å². The summed E-state index contributed by atoms with van der Waals surface area (Å²) in [6, 6.07) is 4.14. The van der Waals surface area contributed by atoms with Crippen molar-refractivity contribution in [3.05, 3.63) is 22.4 Å². The van der Waals surface area contributed by atoms with Crippen LogP contribution in [0.15, 0.2) is 17.5 Å². The molecule has 1 aliphatic rings. The highest BCUT2D eigenvalue weighted by atomic mass is 32.1. The molecule has 2 amide bonds. The predicted molar refractivity (Wildman–Crippen MR) is 82.4 cm³/mol. The Balaban J connectivity index is 1.67. The Morgan fingerprint density at radius 3 is 2.57 bits per heavy atom. The third kappa shape index (κ3) is 4.74. The van der Waals surface area contributed by atoms with E-state index < -0.39 is 0 Å². The van der Waals surface area contributed by atoms with Crippen molar-refractivity contribution in [3.63, 3.8) is 0 Å². The Morgan fingerprint density at radius 1 is 1.24 bits per heavy atom. The predicted octanol–water partition coefficient (Wildman–Crippen LogP) is 2.37. The number of rotatable bonds is 5. The molecule has 2 rings (SSSR count). The lowest BCUT2D eigenvalue weighted by Gasteiger charge is -2.34. The number of piperazine rings is 1. The molecule has 1 aromatic rings. The summed E-state index contributed by atoms with van der Waals surface area (Å²) >= 11 is 1.74. The molecule has 0 radical (unpaired) electrons. The first kappa shape index (κ1) is 15.8. The summed E-state index contributed by atoms with van der Waals surface area (Å²) in [5, 5.41) is 2.06. The third-order valence-electron chi connectivity index (χ3n) is 3.55. The van der Waals surface area contributed by atoms with Crippen LogP contribution in [0.5, 0.6) is 0 Å². The topological polar surface area (TPSA) is 49.9 Å². The molecule has 1 saturated heterocycles. The highest BCUT2D eigenvalue weighted by Crippen LogP contribution is 2.13. The van der Waals surface area contributed by atoms with Crippen LogP contribution < -0.4 is 0 Å². The molecule has 0 saturated carbocycles. The Bertz CT molecular complexity index is 453. The second kappa shape index (κ2) is 8.02. The Hall–Kier alpha value is -1.56. The van der Waals surface area contributed by atoms with Crippen LogP contribution in [0.3, 0.4) is 0 Å². The van der Waals surface area contributed by atoms with Crippen molar-refractivity contribution in [1.82, 2.24) is 9.80 Å². The second-order valence-electron chi connectivity index (χ2n) is 5.00. The Labute approximate surface area is 129 Å². The number of nitrogens with zero attached hydrogens (tertiary/aromatic N) is 2. The van der Waals surface area contributed by atoms with E-state index in [9.17, 15) is 9.59 Å². The van der Waals surface area contributed by atoms with Crippen LogP contribution in [0.4, 0.5) is 4.79 Å². The van der Waals surface area contributed by atoms with E-state index in [1.54, 1.807) is 23.2 Å². The van der Waals surface area contributed by atoms with Crippen molar-refractivity contribution in [2.75, 3.05) is 32.8 Å². The van der Waals surface area contributed by atoms with Gasteiger partial charge in [-0.15, -0.1) is 11.3 Å². The Morgan fingerprint density at radius 2 is 1.95 bits per heavy atom. The number of carbonyl (C=O) groups excluding carboxylic acids is 2. The van der Waals surface area contributed by atoms with Gasteiger partial charge in [0, 0.05) is 37.5 Å². The number of hydrogen-bond acceptors (Lipinski definition) is 4. The average molecular weight is 310 g/mol. The fourth-order valence-electron chi connectivity index (χ4n) is 2.38. The van der Waals surface area contributed by atoms with Gasteiger partial charge < -0.3 is 14.5 Å². The maximum absolute atomic E-state index is 12.1. The van der Waals surface area contributed by atoms with Gasteiger partial charge in [-0.3, -0.25) is 4.79 Å². The van der Waals surface area contributed by atoms with Crippen molar-refractivity contribution < 1.29 is 14.3 Å². The first-order chi connectivity index (χ1) is 10.2. The van der Waals surface area contributed by atoms with Gasteiger partial charge in [0.1, 0.15) is 0 Å². The number of aryl methyl sites for hydroxylation is 1. The minimum atomic E-state index is -0.276. The van der Waals surface area contributed by atoms with E-state index in [2.05, 4.69) is 11.4 Å². The lowest BCUT2D eigenvalue weighted by Crippen LogP contribution is -2.50. The van der Waals surface area contributed by atoms with E-state index in [-0.39, 0.29) is 12.0 Å². The highest BCUT2D eigenvalue weighted by Gasteiger charge is 2.24. The molecule has 0 atom stereocenters. The van der Waals surface area contributed by atoms with Gasteiger partial charge in [-0.05, 0) is 31.2 Å². The number of hydrogen-bond donors (Lipinski definition) is 0. The molecule has 0 unspecified atom stereocenters. The molecule has 0 spiro atoms. The Kier molecular flexibility index (Phi) is 6.04. The van der Waals surface area contributed by atoms with Crippen LogP contribution in [-0.2, 0) is 16.0 Å². The standard InChI is InChI=1S/C15H22N2O3S/c1-2-20-15(19)17-10-8-16(9-11-17)14(18)7-3-5-13-6-4-12-21-13/h4,6,12H,2-3,5,7-11H2,1H3. The molecule has 2 heterocycles. The van der Waals surface area contributed by atoms with Crippen molar-refractivity contribution >= 4 is 23.3 Å². The molecule has 1 aliphatic heterocycles. The van der Waals surface area contributed by atoms with E-state index in [1.165, 1.54) is 4.88 Å². The lowest BCUT2D eigenvalue weighted by atomic mass is 10.2. The van der Waals surface area contributed by atoms with Crippen LogP contribution in [0, 0.1) is 0 Å². The first-order valence-electron chi connectivity index (χ1n) is 7.42. The second-order valence-corrected chi connectivity index (χ2v) is 6.03. The van der Waals surface area contributed by atoms with E-state index in [4.69, 9.17) is 4.74 Å². The zero-order chi connectivity index (χ0) is 15.1. The van der Waals surface area contributed by atoms with Crippen LogP contribution in [0.1, 0.15) is 24.6 Å². The molecule has 6 heteroatoms.